The van der Waals surface area contributed by atoms with Crippen LogP contribution >= 0.6 is 11.3 Å². The highest BCUT2D eigenvalue weighted by atomic mass is 32.1. The smallest absolute Gasteiger partial charge is 0.341 e. The zero-order valence-corrected chi connectivity index (χ0v) is 14.5. The molecule has 0 bridgehead atoms. The van der Waals surface area contributed by atoms with E-state index in [-0.39, 0.29) is 5.91 Å². The molecule has 0 aliphatic heterocycles. The first-order valence-electron chi connectivity index (χ1n) is 7.61. The Morgan fingerprint density at radius 1 is 1.22 bits per heavy atom. The van der Waals surface area contributed by atoms with Crippen molar-refractivity contribution in [2.45, 2.75) is 33.1 Å². The second kappa shape index (κ2) is 7.92. The number of carbonyl (C=O) groups excluding carboxylic acids is 2. The molecule has 0 saturated heterocycles. The molecule has 23 heavy (non-hydrogen) atoms. The van der Waals surface area contributed by atoms with Crippen LogP contribution in [0.1, 0.15) is 39.7 Å². The van der Waals surface area contributed by atoms with E-state index in [4.69, 9.17) is 4.74 Å². The van der Waals surface area contributed by atoms with Crippen molar-refractivity contribution in [1.82, 2.24) is 0 Å². The fourth-order valence-electron chi connectivity index (χ4n) is 2.50. The molecule has 1 heterocycles. The topological polar surface area (TPSA) is 55.4 Å². The summed E-state index contributed by atoms with van der Waals surface area (Å²) in [5.74, 6) is -0.493. The lowest BCUT2D eigenvalue weighted by atomic mass is 10.1. The fourth-order valence-corrected chi connectivity index (χ4v) is 3.65. The molecular formula is C18H21NO3S. The van der Waals surface area contributed by atoms with Crippen LogP contribution in [0.25, 0.3) is 0 Å². The van der Waals surface area contributed by atoms with E-state index in [9.17, 15) is 9.59 Å². The number of hydrogen-bond donors (Lipinski definition) is 1. The average Bonchev–Trinajstić information content (AvgIpc) is 2.88. The van der Waals surface area contributed by atoms with Gasteiger partial charge in [-0.2, -0.15) is 0 Å². The van der Waals surface area contributed by atoms with Crippen LogP contribution in [0, 0.1) is 6.92 Å². The molecule has 0 aliphatic rings. The van der Waals surface area contributed by atoms with Crippen LogP contribution in [-0.2, 0) is 22.4 Å². The molecule has 0 unspecified atom stereocenters. The van der Waals surface area contributed by atoms with Crippen molar-refractivity contribution in [2.75, 3.05) is 12.4 Å². The molecule has 1 amide bonds. The van der Waals surface area contributed by atoms with E-state index >= 15 is 0 Å². The Morgan fingerprint density at radius 2 is 1.91 bits per heavy atom. The predicted molar refractivity (Wildman–Crippen MR) is 93.2 cm³/mol. The van der Waals surface area contributed by atoms with Gasteiger partial charge in [-0.15, -0.1) is 11.3 Å². The van der Waals surface area contributed by atoms with Crippen LogP contribution < -0.4 is 5.32 Å². The minimum absolute atomic E-state index is 0.0945. The van der Waals surface area contributed by atoms with Gasteiger partial charge in [0.25, 0.3) is 0 Å². The number of amides is 1. The van der Waals surface area contributed by atoms with Gasteiger partial charge in [-0.1, -0.05) is 37.3 Å². The molecule has 1 aromatic heterocycles. The fraction of sp³-hybridized carbons (Fsp3) is 0.333. The number of rotatable bonds is 6. The van der Waals surface area contributed by atoms with Crippen molar-refractivity contribution in [3.63, 3.8) is 0 Å². The zero-order valence-electron chi connectivity index (χ0n) is 13.6. The molecule has 0 saturated carbocycles. The largest absolute Gasteiger partial charge is 0.465 e. The number of carbonyl (C=O) groups is 2. The van der Waals surface area contributed by atoms with Gasteiger partial charge in [0, 0.05) is 11.3 Å². The lowest BCUT2D eigenvalue weighted by Gasteiger charge is -2.07. The minimum atomic E-state index is -0.399. The summed E-state index contributed by atoms with van der Waals surface area (Å²) >= 11 is 1.43. The maximum atomic E-state index is 12.2. The third-order valence-electron chi connectivity index (χ3n) is 3.69. The summed E-state index contributed by atoms with van der Waals surface area (Å²) in [6.07, 6.45) is 1.78. The summed E-state index contributed by atoms with van der Waals surface area (Å²) in [7, 11) is 1.36. The van der Waals surface area contributed by atoms with Crippen LogP contribution in [0.15, 0.2) is 30.3 Å². The van der Waals surface area contributed by atoms with E-state index in [1.807, 2.05) is 44.2 Å². The molecule has 1 aromatic carbocycles. The molecule has 5 heteroatoms. The number of hydrogen-bond acceptors (Lipinski definition) is 4. The normalized spacial score (nSPS) is 10.4. The first-order valence-corrected chi connectivity index (χ1v) is 8.42. The lowest BCUT2D eigenvalue weighted by molar-refractivity contribution is -0.116. The number of methoxy groups -OCH3 is 1. The van der Waals surface area contributed by atoms with E-state index in [0.717, 1.165) is 22.4 Å². The molecule has 0 spiro atoms. The summed E-state index contributed by atoms with van der Waals surface area (Å²) in [6, 6.07) is 9.86. The number of thiophene rings is 1. The van der Waals surface area contributed by atoms with Crippen molar-refractivity contribution in [1.29, 1.82) is 0 Å². The van der Waals surface area contributed by atoms with Crippen molar-refractivity contribution < 1.29 is 14.3 Å². The quantitative estimate of drug-likeness (QED) is 0.815. The molecule has 2 rings (SSSR count). The number of benzene rings is 1. The molecule has 122 valence electrons. The minimum Gasteiger partial charge on any atom is -0.465 e. The third-order valence-corrected chi connectivity index (χ3v) is 4.75. The number of aryl methyl sites for hydroxylation is 2. The maximum Gasteiger partial charge on any atom is 0.341 e. The summed E-state index contributed by atoms with van der Waals surface area (Å²) in [6.45, 7) is 3.94. The summed E-state index contributed by atoms with van der Waals surface area (Å²) in [5, 5.41) is 3.46. The standard InChI is InChI=1S/C18H21NO3S/c1-4-14-12(2)23-17(16(14)18(21)22-3)19-15(20)11-10-13-8-6-5-7-9-13/h5-9H,4,10-11H2,1-3H3,(H,19,20). The van der Waals surface area contributed by atoms with Crippen LogP contribution in [0.5, 0.6) is 0 Å². The van der Waals surface area contributed by atoms with Crippen LogP contribution in [-0.4, -0.2) is 19.0 Å². The molecule has 0 radical (unpaired) electrons. The van der Waals surface area contributed by atoms with Crippen LogP contribution in [0.4, 0.5) is 5.00 Å². The van der Waals surface area contributed by atoms with E-state index in [1.165, 1.54) is 18.4 Å². The first kappa shape index (κ1) is 17.2. The monoisotopic (exact) mass is 331 g/mol. The van der Waals surface area contributed by atoms with Crippen LogP contribution in [0.2, 0.25) is 0 Å². The Bertz CT molecular complexity index is 692. The second-order valence-corrected chi connectivity index (χ2v) is 6.44. The molecular weight excluding hydrogens is 310 g/mol. The molecule has 1 N–H and O–H groups in total. The van der Waals surface area contributed by atoms with E-state index in [0.29, 0.717) is 23.4 Å². The highest BCUT2D eigenvalue weighted by molar-refractivity contribution is 7.16. The van der Waals surface area contributed by atoms with Gasteiger partial charge in [0.05, 0.1) is 12.7 Å². The summed E-state index contributed by atoms with van der Waals surface area (Å²) < 4.78 is 4.86. The van der Waals surface area contributed by atoms with Gasteiger partial charge in [-0.3, -0.25) is 4.79 Å². The predicted octanol–water partition coefficient (Wildman–Crippen LogP) is 3.98. The van der Waals surface area contributed by atoms with Gasteiger partial charge < -0.3 is 10.1 Å². The zero-order chi connectivity index (χ0) is 16.8. The van der Waals surface area contributed by atoms with E-state index < -0.39 is 5.97 Å². The summed E-state index contributed by atoms with van der Waals surface area (Å²) in [4.78, 5) is 25.3. The number of anilines is 1. The van der Waals surface area contributed by atoms with Crippen molar-refractivity contribution >= 4 is 28.2 Å². The Kier molecular flexibility index (Phi) is 5.93. The number of nitrogens with one attached hydrogen (secondary N) is 1. The SMILES string of the molecule is CCc1c(C)sc(NC(=O)CCc2ccccc2)c1C(=O)OC. The van der Waals surface area contributed by atoms with Crippen molar-refractivity contribution in [2.24, 2.45) is 0 Å². The van der Waals surface area contributed by atoms with Crippen LogP contribution in [0.3, 0.4) is 0 Å². The second-order valence-electron chi connectivity index (χ2n) is 5.22. The Balaban J connectivity index is 2.10. The average molecular weight is 331 g/mol. The van der Waals surface area contributed by atoms with E-state index in [2.05, 4.69) is 5.32 Å². The Labute approximate surface area is 140 Å². The third kappa shape index (κ3) is 4.20. The molecule has 0 aliphatic carbocycles. The number of esters is 1. The highest BCUT2D eigenvalue weighted by Gasteiger charge is 2.22. The summed E-state index contributed by atoms with van der Waals surface area (Å²) in [5.41, 5.74) is 2.55. The molecule has 4 nitrogen and oxygen atoms in total. The van der Waals surface area contributed by atoms with Gasteiger partial charge >= 0.3 is 5.97 Å². The Morgan fingerprint density at radius 3 is 2.52 bits per heavy atom. The van der Waals surface area contributed by atoms with Gasteiger partial charge in [0.2, 0.25) is 5.91 Å². The molecule has 2 aromatic rings. The lowest BCUT2D eigenvalue weighted by Crippen LogP contribution is -2.15. The van der Waals surface area contributed by atoms with Gasteiger partial charge in [-0.25, -0.2) is 4.79 Å². The van der Waals surface area contributed by atoms with Gasteiger partial charge in [0.15, 0.2) is 0 Å². The highest BCUT2D eigenvalue weighted by Crippen LogP contribution is 2.34. The molecule has 0 atom stereocenters. The number of ether oxygens (including phenoxy) is 1. The molecule has 0 fully saturated rings. The van der Waals surface area contributed by atoms with Crippen molar-refractivity contribution in [3.8, 4) is 0 Å². The Hall–Kier alpha value is -2.14. The maximum absolute atomic E-state index is 12.2. The van der Waals surface area contributed by atoms with Gasteiger partial charge in [-0.05, 0) is 30.9 Å². The van der Waals surface area contributed by atoms with Gasteiger partial charge in [0.1, 0.15) is 5.00 Å². The van der Waals surface area contributed by atoms with Crippen molar-refractivity contribution in [3.05, 3.63) is 51.9 Å². The first-order chi connectivity index (χ1) is 11.1. The van der Waals surface area contributed by atoms with E-state index in [1.54, 1.807) is 0 Å².